The Bertz CT molecular complexity index is 1220. The van der Waals surface area contributed by atoms with Gasteiger partial charge < -0.3 is 0 Å². The van der Waals surface area contributed by atoms with Crippen molar-refractivity contribution in [1.82, 2.24) is 9.97 Å². The standard InChI is InChI=1S/C25H26N2S/c1-15-13-17-19(25(4,5)12-11-24(17,2)3)18-21-23(28-22(15)18)20(26-14-27-21)16-9-7-6-8-10-16/h6-10,13-14H,11-12H2,1-5H3. The Morgan fingerprint density at radius 1 is 0.893 bits per heavy atom. The minimum atomic E-state index is 0.155. The lowest BCUT2D eigenvalue weighted by Gasteiger charge is -2.42. The normalized spacial score (nSPS) is 17.8. The van der Waals surface area contributed by atoms with E-state index in [2.05, 4.69) is 76.0 Å². The first kappa shape index (κ1) is 17.8. The Balaban J connectivity index is 1.96. The van der Waals surface area contributed by atoms with E-state index in [-0.39, 0.29) is 10.8 Å². The first-order valence-electron chi connectivity index (χ1n) is 10.1. The van der Waals surface area contributed by atoms with Gasteiger partial charge in [-0.05, 0) is 47.3 Å². The van der Waals surface area contributed by atoms with Crippen molar-refractivity contribution < 1.29 is 0 Å². The van der Waals surface area contributed by atoms with Crippen LogP contribution in [0.4, 0.5) is 0 Å². The Kier molecular flexibility index (Phi) is 3.73. The number of nitrogens with zero attached hydrogens (tertiary/aromatic N) is 2. The molecule has 2 aromatic carbocycles. The van der Waals surface area contributed by atoms with E-state index in [1.165, 1.54) is 44.3 Å². The van der Waals surface area contributed by atoms with Gasteiger partial charge in [0, 0.05) is 15.6 Å². The highest BCUT2D eigenvalue weighted by Crippen LogP contribution is 2.52. The average Bonchev–Trinajstić information content (AvgIpc) is 3.06. The van der Waals surface area contributed by atoms with E-state index in [1.54, 1.807) is 6.33 Å². The molecule has 2 nitrogen and oxygen atoms in total. The fourth-order valence-corrected chi connectivity index (χ4v) is 6.07. The van der Waals surface area contributed by atoms with Gasteiger partial charge in [0.1, 0.15) is 6.33 Å². The minimum Gasteiger partial charge on any atom is -0.235 e. The lowest BCUT2D eigenvalue weighted by atomic mass is 9.62. The van der Waals surface area contributed by atoms with Crippen LogP contribution in [0.2, 0.25) is 0 Å². The van der Waals surface area contributed by atoms with E-state index in [9.17, 15) is 0 Å². The van der Waals surface area contributed by atoms with Gasteiger partial charge in [0.2, 0.25) is 0 Å². The van der Waals surface area contributed by atoms with Crippen molar-refractivity contribution in [2.24, 2.45) is 0 Å². The Labute approximate surface area is 170 Å². The Morgan fingerprint density at radius 2 is 1.61 bits per heavy atom. The van der Waals surface area contributed by atoms with E-state index in [0.29, 0.717) is 0 Å². The van der Waals surface area contributed by atoms with Crippen LogP contribution in [0, 0.1) is 6.92 Å². The molecule has 0 saturated heterocycles. The molecule has 1 aliphatic carbocycles. The number of aryl methyl sites for hydroxylation is 1. The summed E-state index contributed by atoms with van der Waals surface area (Å²) in [6.45, 7) is 11.8. The van der Waals surface area contributed by atoms with E-state index < -0.39 is 0 Å². The summed E-state index contributed by atoms with van der Waals surface area (Å²) < 4.78 is 2.58. The molecule has 0 fully saturated rings. The van der Waals surface area contributed by atoms with Crippen LogP contribution >= 0.6 is 11.3 Å². The number of aromatic nitrogens is 2. The van der Waals surface area contributed by atoms with Crippen LogP contribution in [-0.4, -0.2) is 9.97 Å². The zero-order chi connectivity index (χ0) is 19.7. The second kappa shape index (κ2) is 5.87. The van der Waals surface area contributed by atoms with Gasteiger partial charge in [-0.3, -0.25) is 0 Å². The second-order valence-corrected chi connectivity index (χ2v) is 10.5. The molecular formula is C25H26N2S. The van der Waals surface area contributed by atoms with Crippen LogP contribution in [0.5, 0.6) is 0 Å². The summed E-state index contributed by atoms with van der Waals surface area (Å²) in [5, 5.41) is 1.37. The minimum absolute atomic E-state index is 0.155. The lowest BCUT2D eigenvalue weighted by Crippen LogP contribution is -2.34. The summed E-state index contributed by atoms with van der Waals surface area (Å²) in [5.74, 6) is 0. The van der Waals surface area contributed by atoms with Gasteiger partial charge in [0.25, 0.3) is 0 Å². The third-order valence-corrected chi connectivity index (χ3v) is 7.86. The molecule has 0 atom stereocenters. The quantitative estimate of drug-likeness (QED) is 0.346. The topological polar surface area (TPSA) is 25.8 Å². The van der Waals surface area contributed by atoms with Crippen LogP contribution in [0.1, 0.15) is 57.2 Å². The summed E-state index contributed by atoms with van der Waals surface area (Å²) in [7, 11) is 0. The predicted octanol–water partition coefficient (Wildman–Crippen LogP) is 7.17. The monoisotopic (exact) mass is 386 g/mol. The molecule has 5 rings (SSSR count). The second-order valence-electron chi connectivity index (χ2n) is 9.46. The van der Waals surface area contributed by atoms with Crippen molar-refractivity contribution in [2.75, 3.05) is 0 Å². The van der Waals surface area contributed by atoms with E-state index in [1.807, 2.05) is 11.3 Å². The van der Waals surface area contributed by atoms with Crippen LogP contribution in [0.15, 0.2) is 42.7 Å². The van der Waals surface area contributed by atoms with Crippen molar-refractivity contribution in [3.05, 3.63) is 59.4 Å². The molecule has 0 unspecified atom stereocenters. The molecule has 2 aromatic heterocycles. The molecular weight excluding hydrogens is 360 g/mol. The summed E-state index contributed by atoms with van der Waals surface area (Å²) >= 11 is 1.86. The maximum absolute atomic E-state index is 4.82. The molecule has 2 heterocycles. The molecule has 1 aliphatic rings. The van der Waals surface area contributed by atoms with E-state index in [4.69, 9.17) is 4.98 Å². The zero-order valence-corrected chi connectivity index (χ0v) is 18.1. The van der Waals surface area contributed by atoms with Crippen molar-refractivity contribution in [1.29, 1.82) is 0 Å². The van der Waals surface area contributed by atoms with Gasteiger partial charge in [-0.15, -0.1) is 11.3 Å². The number of hydrogen-bond acceptors (Lipinski definition) is 3. The fourth-order valence-electron chi connectivity index (χ4n) is 4.83. The van der Waals surface area contributed by atoms with E-state index >= 15 is 0 Å². The molecule has 0 spiro atoms. The van der Waals surface area contributed by atoms with Crippen LogP contribution in [0.25, 0.3) is 31.6 Å². The number of hydrogen-bond donors (Lipinski definition) is 0. The molecule has 142 valence electrons. The largest absolute Gasteiger partial charge is 0.235 e. The summed E-state index contributed by atoms with van der Waals surface area (Å²) in [6, 6.07) is 12.9. The van der Waals surface area contributed by atoms with Gasteiger partial charge in [-0.1, -0.05) is 64.1 Å². The maximum Gasteiger partial charge on any atom is 0.116 e. The first-order chi connectivity index (χ1) is 13.3. The highest BCUT2D eigenvalue weighted by molar-refractivity contribution is 7.26. The summed E-state index contributed by atoms with van der Waals surface area (Å²) in [4.78, 5) is 9.50. The van der Waals surface area contributed by atoms with Crippen molar-refractivity contribution >= 4 is 31.6 Å². The molecule has 0 saturated carbocycles. The maximum atomic E-state index is 4.82. The summed E-state index contributed by atoms with van der Waals surface area (Å²) in [5.41, 5.74) is 8.07. The SMILES string of the molecule is Cc1cc2c(c3c1sc1c(-c4ccccc4)ncnc13)C(C)(C)CCC2(C)C. The number of rotatable bonds is 1. The van der Waals surface area contributed by atoms with Gasteiger partial charge >= 0.3 is 0 Å². The first-order valence-corrected chi connectivity index (χ1v) is 10.9. The van der Waals surface area contributed by atoms with Crippen LogP contribution in [0.3, 0.4) is 0 Å². The molecule has 4 aromatic rings. The third kappa shape index (κ3) is 2.45. The highest BCUT2D eigenvalue weighted by atomic mass is 32.1. The molecule has 3 heteroatoms. The molecule has 0 aliphatic heterocycles. The molecule has 0 radical (unpaired) electrons. The molecule has 0 N–H and O–H groups in total. The Hall–Kier alpha value is -2.26. The number of benzene rings is 2. The van der Waals surface area contributed by atoms with Crippen molar-refractivity contribution in [3.8, 4) is 11.3 Å². The molecule has 0 amide bonds. The van der Waals surface area contributed by atoms with Gasteiger partial charge in [0.05, 0.1) is 15.9 Å². The van der Waals surface area contributed by atoms with Gasteiger partial charge in [-0.25, -0.2) is 9.97 Å². The third-order valence-electron chi connectivity index (χ3n) is 6.54. The van der Waals surface area contributed by atoms with Gasteiger partial charge in [0.15, 0.2) is 0 Å². The fraction of sp³-hybridized carbons (Fsp3) is 0.360. The number of fused-ring (bicyclic) bond motifs is 5. The Morgan fingerprint density at radius 3 is 2.36 bits per heavy atom. The average molecular weight is 387 g/mol. The highest BCUT2D eigenvalue weighted by Gasteiger charge is 2.39. The van der Waals surface area contributed by atoms with Crippen LogP contribution < -0.4 is 0 Å². The smallest absolute Gasteiger partial charge is 0.116 e. The van der Waals surface area contributed by atoms with Gasteiger partial charge in [-0.2, -0.15) is 0 Å². The molecule has 0 bridgehead atoms. The van der Waals surface area contributed by atoms with Crippen molar-refractivity contribution in [2.45, 2.75) is 58.3 Å². The summed E-state index contributed by atoms with van der Waals surface area (Å²) in [6.07, 6.45) is 4.18. The van der Waals surface area contributed by atoms with E-state index in [0.717, 1.165) is 16.8 Å². The van der Waals surface area contributed by atoms with Crippen LogP contribution in [-0.2, 0) is 10.8 Å². The lowest BCUT2D eigenvalue weighted by molar-refractivity contribution is 0.334. The van der Waals surface area contributed by atoms with Crippen molar-refractivity contribution in [3.63, 3.8) is 0 Å². The predicted molar refractivity (Wildman–Crippen MR) is 120 cm³/mol. The zero-order valence-electron chi connectivity index (χ0n) is 17.3. The number of thiophene rings is 1. The molecule has 28 heavy (non-hydrogen) atoms.